The van der Waals surface area contributed by atoms with Gasteiger partial charge in [0.25, 0.3) is 11.8 Å². The second-order valence-corrected chi connectivity index (χ2v) is 14.6. The lowest BCUT2D eigenvalue weighted by Gasteiger charge is -2.51. The molecule has 0 bridgehead atoms. The fourth-order valence-electron chi connectivity index (χ4n) is 7.32. The van der Waals surface area contributed by atoms with Crippen molar-refractivity contribution in [3.63, 3.8) is 0 Å². The van der Waals surface area contributed by atoms with Gasteiger partial charge in [0.1, 0.15) is 16.3 Å². The fourth-order valence-corrected chi connectivity index (χ4v) is 8.00. The molecule has 0 spiro atoms. The number of benzene rings is 1. The van der Waals surface area contributed by atoms with Crippen LogP contribution in [0, 0.1) is 5.82 Å². The largest absolute Gasteiger partial charge is 0.490 e. The summed E-state index contributed by atoms with van der Waals surface area (Å²) in [5.41, 5.74) is 1.81. The second-order valence-electron chi connectivity index (χ2n) is 13.7. The predicted molar refractivity (Wildman–Crippen MR) is 186 cm³/mol. The SMILES string of the molecule is CCC[C@H]1N(C(=O)c2ncccc2C(F)(F)F)CCC[C@@]1(Oc1csc(C(F)(F)F)c1)C(=O)N1CCC(N)(c2cccc(F)c2OCCCCC(=O)O)CC1. The van der Waals surface area contributed by atoms with Gasteiger partial charge in [0.2, 0.25) is 5.60 Å². The molecule has 1 aromatic carbocycles. The first-order chi connectivity index (χ1) is 25.9. The van der Waals surface area contributed by atoms with Crippen molar-refractivity contribution in [3.8, 4) is 11.5 Å². The number of para-hydroxylation sites is 1. The van der Waals surface area contributed by atoms with Crippen LogP contribution in [0.15, 0.2) is 48.0 Å². The minimum Gasteiger partial charge on any atom is -0.490 e. The molecule has 3 N–H and O–H groups in total. The highest BCUT2D eigenvalue weighted by atomic mass is 32.1. The van der Waals surface area contributed by atoms with Crippen LogP contribution >= 0.6 is 11.3 Å². The van der Waals surface area contributed by atoms with Crippen molar-refractivity contribution in [2.24, 2.45) is 5.73 Å². The number of carboxylic acids is 1. The number of aromatic nitrogens is 1. The van der Waals surface area contributed by atoms with Crippen LogP contribution in [0.25, 0.3) is 0 Å². The first-order valence-corrected chi connectivity index (χ1v) is 18.7. The smallest absolute Gasteiger partial charge is 0.425 e. The first-order valence-electron chi connectivity index (χ1n) is 17.8. The molecule has 2 saturated heterocycles. The number of likely N-dealkylation sites (tertiary alicyclic amines) is 2. The number of hydrogen-bond acceptors (Lipinski definition) is 8. The number of unbranched alkanes of at least 4 members (excludes halogenated alkanes) is 1. The molecule has 300 valence electrons. The summed E-state index contributed by atoms with van der Waals surface area (Å²) in [6.45, 7) is 1.62. The molecule has 2 aliphatic rings. The fraction of sp³-hybridized carbons (Fsp3) is 0.514. The van der Waals surface area contributed by atoms with Gasteiger partial charge in [-0.1, -0.05) is 25.5 Å². The van der Waals surface area contributed by atoms with E-state index in [0.29, 0.717) is 36.2 Å². The van der Waals surface area contributed by atoms with Crippen molar-refractivity contribution in [2.75, 3.05) is 26.2 Å². The Labute approximate surface area is 316 Å². The maximum absolute atomic E-state index is 15.1. The van der Waals surface area contributed by atoms with Crippen LogP contribution in [0.4, 0.5) is 30.7 Å². The number of hydrogen-bond donors (Lipinski definition) is 2. The molecule has 0 aliphatic carbocycles. The Morgan fingerprint density at radius 3 is 2.38 bits per heavy atom. The number of carbonyl (C=O) groups is 3. The van der Waals surface area contributed by atoms with Crippen LogP contribution < -0.4 is 15.2 Å². The number of thiophene rings is 1. The summed E-state index contributed by atoms with van der Waals surface area (Å²) >= 11 is 0.348. The predicted octanol–water partition coefficient (Wildman–Crippen LogP) is 7.65. The quantitative estimate of drug-likeness (QED) is 0.133. The minimum atomic E-state index is -4.93. The number of amides is 2. The molecule has 2 amide bonds. The molecule has 2 atom stereocenters. The lowest BCUT2D eigenvalue weighted by molar-refractivity contribution is -0.161. The summed E-state index contributed by atoms with van der Waals surface area (Å²) in [6.07, 6.45) is -7.52. The number of halogens is 7. The Morgan fingerprint density at radius 2 is 1.75 bits per heavy atom. The molecule has 2 aromatic heterocycles. The van der Waals surface area contributed by atoms with Gasteiger partial charge in [-0.2, -0.15) is 26.3 Å². The van der Waals surface area contributed by atoms with E-state index < -0.39 is 69.3 Å². The summed E-state index contributed by atoms with van der Waals surface area (Å²) in [7, 11) is 0. The van der Waals surface area contributed by atoms with Gasteiger partial charge in [0.15, 0.2) is 11.6 Å². The molecule has 0 unspecified atom stereocenters. The highest BCUT2D eigenvalue weighted by Gasteiger charge is 2.56. The van der Waals surface area contributed by atoms with E-state index in [-0.39, 0.29) is 76.3 Å². The van der Waals surface area contributed by atoms with Gasteiger partial charge in [-0.25, -0.2) is 4.39 Å². The van der Waals surface area contributed by atoms with Gasteiger partial charge in [-0.3, -0.25) is 19.4 Å². The van der Waals surface area contributed by atoms with Gasteiger partial charge in [-0.15, -0.1) is 11.3 Å². The first kappa shape index (κ1) is 41.7. The van der Waals surface area contributed by atoms with Gasteiger partial charge < -0.3 is 30.1 Å². The number of alkyl halides is 6. The summed E-state index contributed by atoms with van der Waals surface area (Å²) in [5, 5.41) is 9.99. The number of piperidine rings is 2. The van der Waals surface area contributed by atoms with Crippen molar-refractivity contribution >= 4 is 29.1 Å². The lowest BCUT2D eigenvalue weighted by atomic mass is 9.77. The standard InChI is InChI=1S/C37H41F7N4O6S/c1-2-8-27-35(54-23-21-28(55-22-23)37(42,43)44,13-7-17-48(27)32(51)30-24(36(39,40)41)10-6-16-46-30)33(52)47-18-14-34(45,15-19-47)25-9-5-11-26(38)31(25)53-20-4-3-12-29(49)50/h5-6,9-11,16,21-22,27H,2-4,7-8,12-15,17-20,45H2,1H3,(H,49,50)/t27-,35+/m1/s1. The van der Waals surface area contributed by atoms with E-state index in [4.69, 9.17) is 20.3 Å². The Balaban J connectivity index is 1.47. The van der Waals surface area contributed by atoms with Crippen LogP contribution in [0.3, 0.4) is 0 Å². The van der Waals surface area contributed by atoms with Gasteiger partial charge >= 0.3 is 18.3 Å². The molecule has 55 heavy (non-hydrogen) atoms. The summed E-state index contributed by atoms with van der Waals surface area (Å²) in [4.78, 5) is 45.1. The van der Waals surface area contributed by atoms with Crippen molar-refractivity contribution in [3.05, 3.63) is 75.5 Å². The number of carbonyl (C=O) groups excluding carboxylic acids is 2. The third-order valence-corrected chi connectivity index (χ3v) is 10.9. The normalized spacial score (nSPS) is 20.3. The molecule has 0 radical (unpaired) electrons. The van der Waals surface area contributed by atoms with Crippen LogP contribution in [-0.2, 0) is 27.5 Å². The van der Waals surface area contributed by atoms with Crippen molar-refractivity contribution in [1.82, 2.24) is 14.8 Å². The Bertz CT molecular complexity index is 1850. The number of carboxylic acid groups (broad SMARTS) is 1. The molecular formula is C37H41F7N4O6S. The third kappa shape index (κ3) is 9.17. The van der Waals surface area contributed by atoms with Crippen LogP contribution in [0.5, 0.6) is 11.5 Å². The Morgan fingerprint density at radius 1 is 1.02 bits per heavy atom. The number of aliphatic carboxylic acids is 1. The zero-order valence-electron chi connectivity index (χ0n) is 29.8. The van der Waals surface area contributed by atoms with Gasteiger partial charge in [0.05, 0.1) is 18.2 Å². The second kappa shape index (κ2) is 16.7. The van der Waals surface area contributed by atoms with E-state index in [1.54, 1.807) is 13.0 Å². The van der Waals surface area contributed by atoms with Crippen LogP contribution in [-0.4, -0.2) is 75.6 Å². The van der Waals surface area contributed by atoms with E-state index in [9.17, 15) is 40.7 Å². The third-order valence-electron chi connectivity index (χ3n) is 9.99. The topological polar surface area (TPSA) is 135 Å². The summed E-state index contributed by atoms with van der Waals surface area (Å²) < 4.78 is 110. The number of rotatable bonds is 13. The molecule has 4 heterocycles. The van der Waals surface area contributed by atoms with Crippen LogP contribution in [0.2, 0.25) is 0 Å². The van der Waals surface area contributed by atoms with E-state index in [0.717, 1.165) is 34.7 Å². The highest BCUT2D eigenvalue weighted by molar-refractivity contribution is 7.10. The highest BCUT2D eigenvalue weighted by Crippen LogP contribution is 2.44. The summed E-state index contributed by atoms with van der Waals surface area (Å²) in [5.74, 6) is -3.83. The minimum absolute atomic E-state index is 0.0252. The van der Waals surface area contributed by atoms with Crippen molar-refractivity contribution in [2.45, 2.75) is 94.2 Å². The number of nitrogens with two attached hydrogens (primary N) is 1. The average molecular weight is 803 g/mol. The average Bonchev–Trinajstić information content (AvgIpc) is 3.61. The Kier molecular flexibility index (Phi) is 12.7. The maximum Gasteiger partial charge on any atom is 0.425 e. The number of ether oxygens (including phenoxy) is 2. The van der Waals surface area contributed by atoms with Crippen LogP contribution in [0.1, 0.15) is 91.2 Å². The van der Waals surface area contributed by atoms with E-state index in [2.05, 4.69) is 4.98 Å². The molecule has 18 heteroatoms. The zero-order chi connectivity index (χ0) is 40.2. The van der Waals surface area contributed by atoms with Crippen molar-refractivity contribution < 1.29 is 59.7 Å². The van der Waals surface area contributed by atoms with E-state index in [1.165, 1.54) is 17.0 Å². The molecule has 2 aliphatic heterocycles. The maximum atomic E-state index is 15.1. The number of nitrogens with zero attached hydrogens (tertiary/aromatic N) is 3. The van der Waals surface area contributed by atoms with Gasteiger partial charge in [0, 0.05) is 61.2 Å². The van der Waals surface area contributed by atoms with E-state index >= 15 is 4.39 Å². The molecular weight excluding hydrogens is 761 g/mol. The molecule has 0 saturated carbocycles. The molecule has 10 nitrogen and oxygen atoms in total. The van der Waals surface area contributed by atoms with E-state index in [1.807, 2.05) is 0 Å². The van der Waals surface area contributed by atoms with Gasteiger partial charge in [-0.05, 0) is 56.7 Å². The molecule has 3 aromatic rings. The monoisotopic (exact) mass is 802 g/mol. The lowest BCUT2D eigenvalue weighted by Crippen LogP contribution is -2.69. The van der Waals surface area contributed by atoms with Crippen molar-refractivity contribution in [1.29, 1.82) is 0 Å². The molecule has 5 rings (SSSR count). The molecule has 2 fully saturated rings. The number of pyridine rings is 1. The zero-order valence-corrected chi connectivity index (χ0v) is 30.7. The summed E-state index contributed by atoms with van der Waals surface area (Å²) in [6, 6.07) is 5.55. The Hall–Kier alpha value is -4.45.